The van der Waals surface area contributed by atoms with E-state index in [1.165, 1.54) is 35.4 Å². The van der Waals surface area contributed by atoms with Gasteiger partial charge in [-0.05, 0) is 24.7 Å². The zero-order valence-corrected chi connectivity index (χ0v) is 16.0. The third kappa shape index (κ3) is 4.30. The van der Waals surface area contributed by atoms with Crippen molar-refractivity contribution in [1.29, 1.82) is 0 Å². The highest BCUT2D eigenvalue weighted by Crippen LogP contribution is 2.30. The maximum Gasteiger partial charge on any atom is 0.220 e. The van der Waals surface area contributed by atoms with Gasteiger partial charge in [-0.3, -0.25) is 0 Å². The molecule has 0 N–H and O–H groups in total. The molecule has 1 nitrogen and oxygen atoms in total. The summed E-state index contributed by atoms with van der Waals surface area (Å²) in [4.78, 5) is 0. The summed E-state index contributed by atoms with van der Waals surface area (Å²) in [7, 11) is -2.78. The molecule has 0 aliphatic rings. The summed E-state index contributed by atoms with van der Waals surface area (Å²) < 4.78 is 6.31. The van der Waals surface area contributed by atoms with E-state index in [9.17, 15) is 0 Å². The molecular formula is C17H32OSi2. The molecule has 1 aromatic carbocycles. The largest absolute Gasteiger partial charge is 0.413 e. The van der Waals surface area contributed by atoms with Crippen molar-refractivity contribution in [2.24, 2.45) is 0 Å². The quantitative estimate of drug-likeness (QED) is 0.582. The third-order valence-corrected chi connectivity index (χ3v) is 15.2. The average Bonchev–Trinajstić information content (AvgIpc) is 2.50. The molecule has 0 heterocycles. The zero-order chi connectivity index (χ0) is 15.1. The first-order chi connectivity index (χ1) is 9.55. The van der Waals surface area contributed by atoms with Gasteiger partial charge in [-0.1, -0.05) is 75.3 Å². The fourth-order valence-electron chi connectivity index (χ4n) is 3.19. The molecule has 114 valence electrons. The molecule has 3 heteroatoms. The number of hydrogen-bond acceptors (Lipinski definition) is 1. The molecule has 0 bridgehead atoms. The van der Waals surface area contributed by atoms with Crippen LogP contribution in [0.25, 0.3) is 0 Å². The summed E-state index contributed by atoms with van der Waals surface area (Å²) in [6, 6.07) is 18.0. The van der Waals surface area contributed by atoms with Crippen molar-refractivity contribution in [2.75, 3.05) is 6.61 Å². The second-order valence-electron chi connectivity index (χ2n) is 6.09. The van der Waals surface area contributed by atoms with E-state index in [2.05, 4.69) is 64.6 Å². The first kappa shape index (κ1) is 17.7. The second kappa shape index (κ2) is 8.15. The molecule has 0 amide bonds. The van der Waals surface area contributed by atoms with Crippen LogP contribution in [-0.4, -0.2) is 23.0 Å². The molecule has 0 radical (unpaired) electrons. The van der Waals surface area contributed by atoms with Crippen LogP contribution in [0.15, 0.2) is 30.3 Å². The molecule has 1 unspecified atom stereocenters. The molecule has 20 heavy (non-hydrogen) atoms. The number of hydrogen-bond donors (Lipinski definition) is 0. The third-order valence-electron chi connectivity index (χ3n) is 5.23. The summed E-state index contributed by atoms with van der Waals surface area (Å²) >= 11 is 0. The minimum absolute atomic E-state index is 0.844. The van der Waals surface area contributed by atoms with Crippen molar-refractivity contribution in [3.63, 3.8) is 0 Å². The summed E-state index contributed by atoms with van der Waals surface area (Å²) in [6.07, 6.45) is 0. The van der Waals surface area contributed by atoms with Crippen molar-refractivity contribution in [3.8, 4) is 0 Å². The fourth-order valence-corrected chi connectivity index (χ4v) is 11.9. The lowest BCUT2D eigenvalue weighted by Crippen LogP contribution is -2.49. The maximum atomic E-state index is 6.31. The summed E-state index contributed by atoms with van der Waals surface area (Å²) in [5.74, 6) is 0. The Morgan fingerprint density at radius 1 is 0.850 bits per heavy atom. The maximum absolute atomic E-state index is 6.31. The fraction of sp³-hybridized carbons (Fsp3) is 0.647. The Kier molecular flexibility index (Phi) is 7.20. The molecule has 0 aliphatic heterocycles. The van der Waals surface area contributed by atoms with E-state index >= 15 is 0 Å². The lowest BCUT2D eigenvalue weighted by atomic mass is 10.4. The van der Waals surface area contributed by atoms with Crippen LogP contribution in [0.5, 0.6) is 0 Å². The van der Waals surface area contributed by atoms with Gasteiger partial charge in [0.25, 0.3) is 0 Å². The minimum atomic E-state index is -1.75. The van der Waals surface area contributed by atoms with E-state index < -0.39 is 16.4 Å². The first-order valence-corrected chi connectivity index (χ1v) is 13.7. The molecule has 1 atom stereocenters. The van der Waals surface area contributed by atoms with Crippen LogP contribution in [0.1, 0.15) is 27.7 Å². The van der Waals surface area contributed by atoms with Crippen molar-refractivity contribution < 1.29 is 4.43 Å². The van der Waals surface area contributed by atoms with Gasteiger partial charge in [0.15, 0.2) is 0 Å². The molecule has 1 aromatic rings. The van der Waals surface area contributed by atoms with Gasteiger partial charge in [0, 0.05) is 6.61 Å². The van der Waals surface area contributed by atoms with Crippen molar-refractivity contribution in [2.45, 2.75) is 64.5 Å². The van der Waals surface area contributed by atoms with Crippen LogP contribution >= 0.6 is 0 Å². The molecule has 0 aliphatic carbocycles. The van der Waals surface area contributed by atoms with E-state index in [4.69, 9.17) is 4.43 Å². The van der Waals surface area contributed by atoms with E-state index in [-0.39, 0.29) is 0 Å². The first-order valence-electron chi connectivity index (χ1n) is 8.25. The van der Waals surface area contributed by atoms with Gasteiger partial charge in [-0.2, -0.15) is 0 Å². The van der Waals surface area contributed by atoms with Crippen LogP contribution in [0.2, 0.25) is 36.8 Å². The van der Waals surface area contributed by atoms with Crippen molar-refractivity contribution >= 4 is 21.6 Å². The highest BCUT2D eigenvalue weighted by Gasteiger charge is 2.35. The SMILES string of the molecule is CCO[Si](C)(CC[Si](CC)(CC)CC)c1ccccc1. The van der Waals surface area contributed by atoms with Gasteiger partial charge in [-0.15, -0.1) is 0 Å². The molecule has 0 saturated heterocycles. The van der Waals surface area contributed by atoms with Crippen LogP contribution in [-0.2, 0) is 4.43 Å². The lowest BCUT2D eigenvalue weighted by molar-refractivity contribution is 0.334. The smallest absolute Gasteiger partial charge is 0.220 e. The second-order valence-corrected chi connectivity index (χ2v) is 15.5. The highest BCUT2D eigenvalue weighted by molar-refractivity contribution is 6.88. The van der Waals surface area contributed by atoms with Gasteiger partial charge < -0.3 is 4.43 Å². The molecule has 0 saturated carbocycles. The highest BCUT2D eigenvalue weighted by atomic mass is 28.4. The Labute approximate surface area is 127 Å². The van der Waals surface area contributed by atoms with Gasteiger partial charge in [-0.25, -0.2) is 0 Å². The van der Waals surface area contributed by atoms with Gasteiger partial charge >= 0.3 is 0 Å². The van der Waals surface area contributed by atoms with E-state index in [0.29, 0.717) is 0 Å². The minimum Gasteiger partial charge on any atom is -0.413 e. The predicted octanol–water partition coefficient (Wildman–Crippen LogP) is 5.01. The molecule has 1 rings (SSSR count). The Hall–Kier alpha value is -0.386. The van der Waals surface area contributed by atoms with Crippen LogP contribution in [0, 0.1) is 0 Å². The standard InChI is InChI=1S/C17H32OSi2/c1-6-18-19(5,17-13-11-10-12-14-17)15-16-20(7-2,8-3)9-4/h10-14H,6-9,15-16H2,1-5H3. The predicted molar refractivity (Wildman–Crippen MR) is 96.1 cm³/mol. The lowest BCUT2D eigenvalue weighted by Gasteiger charge is -2.34. The Bertz CT molecular complexity index is 368. The molecule has 0 fully saturated rings. The van der Waals surface area contributed by atoms with E-state index in [1.807, 2.05) is 0 Å². The Morgan fingerprint density at radius 2 is 1.40 bits per heavy atom. The topological polar surface area (TPSA) is 9.23 Å². The summed E-state index contributed by atoms with van der Waals surface area (Å²) in [6.45, 7) is 12.6. The summed E-state index contributed by atoms with van der Waals surface area (Å²) in [5.41, 5.74) is 0. The molecule has 0 spiro atoms. The Morgan fingerprint density at radius 3 is 1.85 bits per heavy atom. The van der Waals surface area contributed by atoms with Crippen molar-refractivity contribution in [3.05, 3.63) is 30.3 Å². The van der Waals surface area contributed by atoms with Gasteiger partial charge in [0.05, 0.1) is 8.07 Å². The van der Waals surface area contributed by atoms with Crippen LogP contribution in [0.3, 0.4) is 0 Å². The zero-order valence-electron chi connectivity index (χ0n) is 14.0. The number of benzene rings is 1. The molecule has 0 aromatic heterocycles. The van der Waals surface area contributed by atoms with Gasteiger partial charge in [0.1, 0.15) is 0 Å². The van der Waals surface area contributed by atoms with E-state index in [0.717, 1.165) is 6.61 Å². The summed E-state index contributed by atoms with van der Waals surface area (Å²) in [5, 5.41) is 1.47. The van der Waals surface area contributed by atoms with Crippen molar-refractivity contribution in [1.82, 2.24) is 0 Å². The Balaban J connectivity index is 2.87. The van der Waals surface area contributed by atoms with Crippen LogP contribution < -0.4 is 5.19 Å². The number of rotatable bonds is 9. The normalized spacial score (nSPS) is 15.1. The van der Waals surface area contributed by atoms with E-state index in [1.54, 1.807) is 0 Å². The van der Waals surface area contributed by atoms with Gasteiger partial charge in [0.2, 0.25) is 8.32 Å². The average molecular weight is 309 g/mol. The molecular weight excluding hydrogens is 276 g/mol. The van der Waals surface area contributed by atoms with Crippen LogP contribution in [0.4, 0.5) is 0 Å². The monoisotopic (exact) mass is 308 g/mol.